The van der Waals surface area contributed by atoms with Gasteiger partial charge in [0.25, 0.3) is 0 Å². The molecule has 11 heteroatoms. The Balaban J connectivity index is 0.000000219. The fraction of sp³-hybridized carbons (Fsp3) is 0.417. The molecule has 2 aromatic rings. The second kappa shape index (κ2) is 17.6. The van der Waals surface area contributed by atoms with Crippen molar-refractivity contribution in [2.45, 2.75) is 70.8 Å². The van der Waals surface area contributed by atoms with Crippen LogP contribution in [0.1, 0.15) is 51.5 Å². The van der Waals surface area contributed by atoms with Gasteiger partial charge < -0.3 is 29.6 Å². The van der Waals surface area contributed by atoms with Gasteiger partial charge in [-0.1, -0.05) is 30.7 Å². The van der Waals surface area contributed by atoms with E-state index in [9.17, 15) is 19.5 Å². The number of amides is 2. The van der Waals surface area contributed by atoms with Crippen LogP contribution >= 0.6 is 0 Å². The van der Waals surface area contributed by atoms with E-state index in [4.69, 9.17) is 23.7 Å². The Morgan fingerprint density at radius 1 is 1.00 bits per heavy atom. The molecule has 0 bridgehead atoms. The molecule has 1 saturated heterocycles. The predicted molar refractivity (Wildman–Crippen MR) is 178 cm³/mol. The van der Waals surface area contributed by atoms with Gasteiger partial charge in [-0.2, -0.15) is 0 Å². The number of hydrogen-bond acceptors (Lipinski definition) is 9. The SMILES string of the molecule is COC[C@H]1O[C@@H](C)CC1NC(=O)CCCCCNC(C)=O.COOCc1ccccc1-c1c2ccc(=O)cc-2oc2cc(O)ccc12. The molecule has 1 aliphatic carbocycles. The molecular weight excluding hydrogens is 604 g/mol. The number of nitrogens with one attached hydrogen (secondary N) is 2. The molecule has 0 saturated carbocycles. The average molecular weight is 649 g/mol. The minimum absolute atomic E-state index is 0.00715. The van der Waals surface area contributed by atoms with Crippen LogP contribution in [-0.4, -0.2) is 62.5 Å². The first-order valence-electron chi connectivity index (χ1n) is 15.8. The van der Waals surface area contributed by atoms with Crippen LogP contribution in [0.4, 0.5) is 0 Å². The van der Waals surface area contributed by atoms with Gasteiger partial charge in [0.05, 0.1) is 25.9 Å². The molecule has 0 spiro atoms. The van der Waals surface area contributed by atoms with Crippen LogP contribution in [0.15, 0.2) is 69.9 Å². The second-order valence-electron chi connectivity index (χ2n) is 11.5. The van der Waals surface area contributed by atoms with Gasteiger partial charge >= 0.3 is 0 Å². The Labute approximate surface area is 274 Å². The summed E-state index contributed by atoms with van der Waals surface area (Å²) in [7, 11) is 3.10. The lowest BCUT2D eigenvalue weighted by atomic mass is 9.91. The summed E-state index contributed by atoms with van der Waals surface area (Å²) in [5.41, 5.74) is 3.97. The molecule has 3 aliphatic rings. The lowest BCUT2D eigenvalue weighted by Gasteiger charge is -2.19. The molecule has 2 aromatic carbocycles. The summed E-state index contributed by atoms with van der Waals surface area (Å²) in [5.74, 6) is 0.625. The van der Waals surface area contributed by atoms with Gasteiger partial charge in [-0.05, 0) is 61.6 Å². The Morgan fingerprint density at radius 2 is 1.81 bits per heavy atom. The number of ether oxygens (including phenoxy) is 2. The first-order chi connectivity index (χ1) is 22.7. The molecule has 0 radical (unpaired) electrons. The summed E-state index contributed by atoms with van der Waals surface area (Å²) < 4.78 is 16.7. The molecule has 1 fully saturated rings. The number of methoxy groups -OCH3 is 1. The molecule has 47 heavy (non-hydrogen) atoms. The number of aromatic hydroxyl groups is 1. The van der Waals surface area contributed by atoms with Gasteiger partial charge in [0.2, 0.25) is 11.8 Å². The summed E-state index contributed by atoms with van der Waals surface area (Å²) in [4.78, 5) is 44.3. The summed E-state index contributed by atoms with van der Waals surface area (Å²) in [6.45, 7) is 4.98. The van der Waals surface area contributed by atoms with E-state index >= 15 is 0 Å². The highest BCUT2D eigenvalue weighted by molar-refractivity contribution is 6.02. The van der Waals surface area contributed by atoms with Crippen molar-refractivity contribution >= 4 is 22.8 Å². The van der Waals surface area contributed by atoms with Crippen molar-refractivity contribution in [3.8, 4) is 28.2 Å². The summed E-state index contributed by atoms with van der Waals surface area (Å²) >= 11 is 0. The summed E-state index contributed by atoms with van der Waals surface area (Å²) in [6.07, 6.45) is 4.15. The quantitative estimate of drug-likeness (QED) is 0.0757. The highest BCUT2D eigenvalue weighted by Gasteiger charge is 2.33. The highest BCUT2D eigenvalue weighted by Crippen LogP contribution is 2.41. The third-order valence-corrected chi connectivity index (χ3v) is 7.87. The largest absolute Gasteiger partial charge is 0.508 e. The molecule has 3 atom stereocenters. The maximum atomic E-state index is 11.9. The number of carbonyl (C=O) groups is 2. The van der Waals surface area contributed by atoms with Crippen molar-refractivity contribution in [2.24, 2.45) is 0 Å². The van der Waals surface area contributed by atoms with Gasteiger partial charge in [0.1, 0.15) is 29.8 Å². The maximum Gasteiger partial charge on any atom is 0.220 e. The van der Waals surface area contributed by atoms with Crippen molar-refractivity contribution in [3.63, 3.8) is 0 Å². The van der Waals surface area contributed by atoms with E-state index in [0.717, 1.165) is 53.3 Å². The first kappa shape index (κ1) is 35.6. The fourth-order valence-corrected chi connectivity index (χ4v) is 5.72. The van der Waals surface area contributed by atoms with Crippen LogP contribution in [0.5, 0.6) is 5.75 Å². The standard InChI is InChI=1S/C21H16O5.C15H28N2O4/c1-24-25-12-13-4-2-3-5-16(13)21-17-8-6-14(22)10-19(17)26-20-11-15(23)7-9-18(20)21;1-11-9-13(14(21-11)10-20-3)17-15(19)7-5-4-6-8-16-12(2)18/h2-11,22H,12H2,1H3;11,13-14H,4-10H2,1-3H3,(H,16,18)(H,17,19)/t;11-,13?,14+/m.0/s1. The lowest BCUT2D eigenvalue weighted by Crippen LogP contribution is -2.42. The number of carbonyl (C=O) groups excluding carboxylic acids is 2. The lowest BCUT2D eigenvalue weighted by molar-refractivity contribution is -0.282. The normalized spacial score (nSPS) is 17.3. The van der Waals surface area contributed by atoms with Crippen LogP contribution in [0, 0.1) is 0 Å². The zero-order valence-corrected chi connectivity index (χ0v) is 27.4. The van der Waals surface area contributed by atoms with Crippen LogP contribution in [0.3, 0.4) is 0 Å². The minimum atomic E-state index is -0.136. The van der Waals surface area contributed by atoms with Gasteiger partial charge in [-0.25, -0.2) is 9.78 Å². The van der Waals surface area contributed by atoms with Gasteiger partial charge in [0, 0.05) is 55.6 Å². The first-order valence-corrected chi connectivity index (χ1v) is 15.8. The number of rotatable bonds is 13. The predicted octanol–water partition coefficient (Wildman–Crippen LogP) is 5.34. The molecule has 3 N–H and O–H groups in total. The maximum absolute atomic E-state index is 11.9. The van der Waals surface area contributed by atoms with Crippen LogP contribution in [-0.2, 0) is 35.4 Å². The molecular formula is C36H44N2O9. The van der Waals surface area contributed by atoms with Gasteiger partial charge in [-0.3, -0.25) is 14.4 Å². The van der Waals surface area contributed by atoms with E-state index in [1.165, 1.54) is 26.2 Å². The number of benzene rings is 3. The Hall–Kier alpha value is -4.29. The molecule has 1 unspecified atom stereocenters. The number of fused-ring (bicyclic) bond motifs is 2. The topological polar surface area (TPSA) is 146 Å². The van der Waals surface area contributed by atoms with Crippen molar-refractivity contribution < 1.29 is 38.4 Å². The fourth-order valence-electron chi connectivity index (χ4n) is 5.72. The van der Waals surface area contributed by atoms with E-state index in [1.807, 2.05) is 37.3 Å². The van der Waals surface area contributed by atoms with Crippen molar-refractivity contribution in [2.75, 3.05) is 27.4 Å². The van der Waals surface area contributed by atoms with Crippen molar-refractivity contribution in [1.29, 1.82) is 0 Å². The minimum Gasteiger partial charge on any atom is -0.508 e. The molecule has 2 amide bonds. The molecule has 5 rings (SSSR count). The Kier molecular flexibility index (Phi) is 13.3. The van der Waals surface area contributed by atoms with E-state index in [2.05, 4.69) is 10.6 Å². The average Bonchev–Trinajstić information content (AvgIpc) is 3.38. The highest BCUT2D eigenvalue weighted by atomic mass is 17.2. The van der Waals surface area contributed by atoms with E-state index in [-0.39, 0.29) is 47.8 Å². The number of phenols is 1. The van der Waals surface area contributed by atoms with E-state index < -0.39 is 0 Å². The number of unbranched alkanes of at least 4 members (excludes halogenated alkanes) is 2. The summed E-state index contributed by atoms with van der Waals surface area (Å²) in [5, 5.41) is 16.4. The van der Waals surface area contributed by atoms with Crippen molar-refractivity contribution in [3.05, 3.63) is 76.5 Å². The number of hydrogen-bond donors (Lipinski definition) is 3. The van der Waals surface area contributed by atoms with Gasteiger partial charge in [0.15, 0.2) is 5.43 Å². The van der Waals surface area contributed by atoms with E-state index in [1.54, 1.807) is 25.3 Å². The summed E-state index contributed by atoms with van der Waals surface area (Å²) in [6, 6.07) is 17.6. The smallest absolute Gasteiger partial charge is 0.220 e. The second-order valence-corrected chi connectivity index (χ2v) is 11.5. The zero-order chi connectivity index (χ0) is 33.8. The van der Waals surface area contributed by atoms with Gasteiger partial charge in [-0.15, -0.1) is 0 Å². The monoisotopic (exact) mass is 648 g/mol. The molecule has 2 aliphatic heterocycles. The van der Waals surface area contributed by atoms with Crippen LogP contribution in [0.2, 0.25) is 0 Å². The third-order valence-electron chi connectivity index (χ3n) is 7.87. The Morgan fingerprint density at radius 3 is 2.57 bits per heavy atom. The zero-order valence-electron chi connectivity index (χ0n) is 27.4. The molecule has 11 nitrogen and oxygen atoms in total. The van der Waals surface area contributed by atoms with E-state index in [0.29, 0.717) is 30.9 Å². The van der Waals surface area contributed by atoms with Crippen LogP contribution in [0.25, 0.3) is 33.4 Å². The molecule has 2 heterocycles. The van der Waals surface area contributed by atoms with Crippen LogP contribution < -0.4 is 16.1 Å². The van der Waals surface area contributed by atoms with Crippen molar-refractivity contribution in [1.82, 2.24) is 10.6 Å². The number of phenolic OH excluding ortho intramolecular Hbond substituents is 1. The molecule has 0 aromatic heterocycles. The Bertz CT molecular complexity index is 1650. The molecule has 252 valence electrons. The third kappa shape index (κ3) is 10.1.